The Morgan fingerprint density at radius 2 is 2.15 bits per heavy atom. The first-order valence-corrected chi connectivity index (χ1v) is 5.76. The zero-order valence-corrected chi connectivity index (χ0v) is 10.3. The number of carboxylic acids is 1. The van der Waals surface area contributed by atoms with E-state index in [0.29, 0.717) is 11.3 Å². The number of aliphatic hydroxyl groups is 1. The van der Waals surface area contributed by atoms with Gasteiger partial charge in [-0.1, -0.05) is 0 Å². The summed E-state index contributed by atoms with van der Waals surface area (Å²) >= 11 is 0. The van der Waals surface area contributed by atoms with Gasteiger partial charge in [-0.3, -0.25) is 4.79 Å². The van der Waals surface area contributed by atoms with Gasteiger partial charge in [0.15, 0.2) is 0 Å². The van der Waals surface area contributed by atoms with Crippen molar-refractivity contribution in [2.45, 2.75) is 12.5 Å². The predicted octanol–water partition coefficient (Wildman–Crippen LogP) is -0.422. The maximum atomic E-state index is 13.0. The second-order valence-electron chi connectivity index (χ2n) is 4.16. The van der Waals surface area contributed by atoms with Crippen LogP contribution in [0.3, 0.4) is 0 Å². The van der Waals surface area contributed by atoms with Crippen molar-refractivity contribution in [1.82, 2.24) is 14.7 Å². The van der Waals surface area contributed by atoms with Crippen molar-refractivity contribution >= 4 is 17.5 Å². The molecule has 0 bridgehead atoms. The number of carbonyl (C=O) groups is 2. The molecule has 0 fully saturated rings. The molecule has 7 nitrogen and oxygen atoms in total. The van der Waals surface area contributed by atoms with Crippen LogP contribution >= 0.6 is 0 Å². The Bertz CT molecular complexity index is 655. The van der Waals surface area contributed by atoms with E-state index in [2.05, 4.69) is 10.3 Å². The molecule has 1 atom stereocenters. The van der Waals surface area contributed by atoms with E-state index in [0.717, 1.165) is 0 Å². The number of carboxylic acid groups (broad SMARTS) is 1. The summed E-state index contributed by atoms with van der Waals surface area (Å²) < 4.78 is 14.4. The van der Waals surface area contributed by atoms with Crippen molar-refractivity contribution in [3.05, 3.63) is 36.0 Å². The minimum absolute atomic E-state index is 0.160. The van der Waals surface area contributed by atoms with Crippen LogP contribution in [0.25, 0.3) is 5.65 Å². The SMILES string of the molecule is O=C(Cc1cn2cc(F)ccc2n1)NC(CO)C(=O)O. The average Bonchev–Trinajstić information content (AvgIpc) is 2.76. The molecule has 0 aliphatic carbocycles. The normalized spacial score (nSPS) is 12.3. The van der Waals surface area contributed by atoms with Crippen LogP contribution in [0, 0.1) is 5.82 Å². The van der Waals surface area contributed by atoms with Crippen LogP contribution in [0.1, 0.15) is 5.69 Å². The number of hydrogen-bond acceptors (Lipinski definition) is 4. The number of nitrogens with zero attached hydrogens (tertiary/aromatic N) is 2. The number of amides is 1. The number of imidazole rings is 1. The Hall–Kier alpha value is -2.48. The third-order valence-electron chi connectivity index (χ3n) is 2.62. The van der Waals surface area contributed by atoms with Gasteiger partial charge in [-0.2, -0.15) is 0 Å². The Morgan fingerprint density at radius 3 is 2.80 bits per heavy atom. The molecule has 2 rings (SSSR count). The lowest BCUT2D eigenvalue weighted by Crippen LogP contribution is -2.43. The summed E-state index contributed by atoms with van der Waals surface area (Å²) in [5.74, 6) is -2.34. The van der Waals surface area contributed by atoms with E-state index in [-0.39, 0.29) is 6.42 Å². The van der Waals surface area contributed by atoms with Gasteiger partial charge >= 0.3 is 5.97 Å². The van der Waals surface area contributed by atoms with Crippen molar-refractivity contribution in [2.75, 3.05) is 6.61 Å². The van der Waals surface area contributed by atoms with Crippen LogP contribution in [-0.2, 0) is 16.0 Å². The quantitative estimate of drug-likeness (QED) is 0.690. The summed E-state index contributed by atoms with van der Waals surface area (Å²) in [4.78, 5) is 26.4. The molecule has 8 heteroatoms. The van der Waals surface area contributed by atoms with Crippen molar-refractivity contribution in [3.8, 4) is 0 Å². The molecule has 2 heterocycles. The van der Waals surface area contributed by atoms with Crippen LogP contribution < -0.4 is 5.32 Å². The summed E-state index contributed by atoms with van der Waals surface area (Å²) in [6, 6.07) is 1.36. The summed E-state index contributed by atoms with van der Waals surface area (Å²) in [5.41, 5.74) is 0.848. The number of hydrogen-bond donors (Lipinski definition) is 3. The zero-order chi connectivity index (χ0) is 14.7. The maximum absolute atomic E-state index is 13.0. The fourth-order valence-corrected chi connectivity index (χ4v) is 1.70. The zero-order valence-electron chi connectivity index (χ0n) is 10.3. The van der Waals surface area contributed by atoms with Crippen LogP contribution in [0.5, 0.6) is 0 Å². The van der Waals surface area contributed by atoms with E-state index >= 15 is 0 Å². The second-order valence-corrected chi connectivity index (χ2v) is 4.16. The van der Waals surface area contributed by atoms with Gasteiger partial charge in [0.1, 0.15) is 17.5 Å². The number of rotatable bonds is 5. The number of fused-ring (bicyclic) bond motifs is 1. The fourth-order valence-electron chi connectivity index (χ4n) is 1.70. The Labute approximate surface area is 112 Å². The van der Waals surface area contributed by atoms with Crippen LogP contribution in [-0.4, -0.2) is 44.1 Å². The van der Waals surface area contributed by atoms with Gasteiger partial charge in [-0.25, -0.2) is 14.2 Å². The molecule has 0 saturated heterocycles. The van der Waals surface area contributed by atoms with Crippen molar-refractivity contribution in [1.29, 1.82) is 0 Å². The number of aliphatic hydroxyl groups excluding tert-OH is 1. The number of carbonyl (C=O) groups excluding carboxylic acids is 1. The molecule has 0 radical (unpaired) electrons. The lowest BCUT2D eigenvalue weighted by Gasteiger charge is -2.10. The molecule has 1 amide bonds. The van der Waals surface area contributed by atoms with E-state index in [9.17, 15) is 14.0 Å². The van der Waals surface area contributed by atoms with Crippen LogP contribution in [0.15, 0.2) is 24.5 Å². The van der Waals surface area contributed by atoms with E-state index < -0.39 is 30.3 Å². The molecule has 1 unspecified atom stereocenters. The number of pyridine rings is 1. The highest BCUT2D eigenvalue weighted by Crippen LogP contribution is 2.07. The first-order chi connectivity index (χ1) is 9.49. The topological polar surface area (TPSA) is 104 Å². The molecule has 0 aromatic carbocycles. The van der Waals surface area contributed by atoms with Gasteiger partial charge in [0.25, 0.3) is 0 Å². The monoisotopic (exact) mass is 281 g/mol. The number of nitrogens with one attached hydrogen (secondary N) is 1. The number of aromatic nitrogens is 2. The van der Waals surface area contributed by atoms with Gasteiger partial charge in [-0.05, 0) is 12.1 Å². The number of aliphatic carboxylic acids is 1. The Balaban J connectivity index is 2.08. The number of halogens is 1. The van der Waals surface area contributed by atoms with Gasteiger partial charge in [0.2, 0.25) is 5.91 Å². The maximum Gasteiger partial charge on any atom is 0.328 e. The largest absolute Gasteiger partial charge is 0.480 e. The summed E-state index contributed by atoms with van der Waals surface area (Å²) in [6.07, 6.45) is 2.54. The third kappa shape index (κ3) is 3.09. The highest BCUT2D eigenvalue weighted by molar-refractivity contribution is 5.84. The van der Waals surface area contributed by atoms with Crippen molar-refractivity contribution in [2.24, 2.45) is 0 Å². The molecule has 0 aliphatic heterocycles. The highest BCUT2D eigenvalue weighted by Gasteiger charge is 2.19. The second kappa shape index (κ2) is 5.66. The van der Waals surface area contributed by atoms with Gasteiger partial charge < -0.3 is 19.9 Å². The highest BCUT2D eigenvalue weighted by atomic mass is 19.1. The standard InChI is InChI=1S/C12H12FN3O4/c13-7-1-2-10-14-8(5-16(10)4-7)3-11(18)15-9(6-17)12(19)20/h1-2,4-5,9,17H,3,6H2,(H,15,18)(H,19,20). The van der Waals surface area contributed by atoms with Gasteiger partial charge in [0, 0.05) is 12.4 Å². The molecule has 0 spiro atoms. The predicted molar refractivity (Wildman–Crippen MR) is 65.5 cm³/mol. The third-order valence-corrected chi connectivity index (χ3v) is 2.62. The molecular weight excluding hydrogens is 269 g/mol. The van der Waals surface area contributed by atoms with Crippen LogP contribution in [0.2, 0.25) is 0 Å². The van der Waals surface area contributed by atoms with Crippen molar-refractivity contribution < 1.29 is 24.2 Å². The minimum atomic E-state index is -1.35. The molecule has 3 N–H and O–H groups in total. The molecule has 0 saturated carbocycles. The minimum Gasteiger partial charge on any atom is -0.480 e. The summed E-state index contributed by atoms with van der Waals surface area (Å²) in [7, 11) is 0. The lowest BCUT2D eigenvalue weighted by molar-refractivity contribution is -0.142. The first kappa shape index (κ1) is 13.9. The molecule has 20 heavy (non-hydrogen) atoms. The van der Waals surface area contributed by atoms with E-state index in [1.54, 1.807) is 0 Å². The Kier molecular flexibility index (Phi) is 3.94. The van der Waals surface area contributed by atoms with Gasteiger partial charge in [0.05, 0.1) is 18.7 Å². The molecule has 2 aromatic heterocycles. The smallest absolute Gasteiger partial charge is 0.328 e. The molecule has 0 aliphatic rings. The van der Waals surface area contributed by atoms with Crippen molar-refractivity contribution in [3.63, 3.8) is 0 Å². The molecule has 106 valence electrons. The summed E-state index contributed by atoms with van der Waals surface area (Å²) in [6.45, 7) is -0.697. The van der Waals surface area contributed by atoms with Gasteiger partial charge in [-0.15, -0.1) is 0 Å². The Morgan fingerprint density at radius 1 is 1.40 bits per heavy atom. The van der Waals surface area contributed by atoms with E-state index in [1.807, 2.05) is 0 Å². The van der Waals surface area contributed by atoms with Crippen LogP contribution in [0.4, 0.5) is 4.39 Å². The first-order valence-electron chi connectivity index (χ1n) is 5.76. The molecular formula is C12H12FN3O4. The average molecular weight is 281 g/mol. The lowest BCUT2D eigenvalue weighted by atomic mass is 10.2. The van der Waals surface area contributed by atoms with E-state index in [1.165, 1.54) is 28.9 Å². The fraction of sp³-hybridized carbons (Fsp3) is 0.250. The molecule has 2 aromatic rings. The summed E-state index contributed by atoms with van der Waals surface area (Å²) in [5, 5.41) is 19.7. The van der Waals surface area contributed by atoms with E-state index in [4.69, 9.17) is 10.2 Å².